The van der Waals surface area contributed by atoms with Crippen molar-refractivity contribution in [2.45, 2.75) is 25.2 Å². The summed E-state index contributed by atoms with van der Waals surface area (Å²) < 4.78 is 0. The van der Waals surface area contributed by atoms with Crippen LogP contribution in [0.2, 0.25) is 0 Å². The van der Waals surface area contributed by atoms with Crippen molar-refractivity contribution in [1.82, 2.24) is 4.98 Å². The number of benzene rings is 1. The molecule has 0 fully saturated rings. The quantitative estimate of drug-likeness (QED) is 0.853. The van der Waals surface area contributed by atoms with E-state index < -0.39 is 11.4 Å². The minimum absolute atomic E-state index is 0.0681. The Morgan fingerprint density at radius 3 is 2.67 bits per heavy atom. The third kappa shape index (κ3) is 3.28. The van der Waals surface area contributed by atoms with Crippen LogP contribution in [0.4, 0.5) is 0 Å². The van der Waals surface area contributed by atoms with E-state index in [9.17, 15) is 9.90 Å². The first kappa shape index (κ1) is 15.2. The molecular formula is C17H20N2O2. The van der Waals surface area contributed by atoms with Gasteiger partial charge in [0.1, 0.15) is 5.41 Å². The molecule has 2 rings (SSSR count). The minimum Gasteiger partial charge on any atom is -0.481 e. The Balaban J connectivity index is 2.31. The second kappa shape index (κ2) is 6.50. The van der Waals surface area contributed by atoms with E-state index in [0.29, 0.717) is 12.8 Å². The predicted octanol–water partition coefficient (Wildman–Crippen LogP) is 2.30. The standard InChI is InChI=1S/C17H20N2O2/c1-13-5-4-6-14(11-13)17(12-18,16(20)21)9-8-15-7-2-3-10-19-15/h2-7,10-11H,8-9,12,18H2,1H3,(H,20,21). The lowest BCUT2D eigenvalue weighted by atomic mass is 9.76. The molecule has 1 heterocycles. The van der Waals surface area contributed by atoms with E-state index in [1.54, 1.807) is 6.20 Å². The number of aromatic nitrogens is 1. The zero-order chi connectivity index (χ0) is 15.3. The molecule has 0 amide bonds. The maximum Gasteiger partial charge on any atom is 0.315 e. The van der Waals surface area contributed by atoms with Gasteiger partial charge in [0.25, 0.3) is 0 Å². The van der Waals surface area contributed by atoms with Crippen LogP contribution < -0.4 is 5.73 Å². The van der Waals surface area contributed by atoms with Crippen LogP contribution in [0.3, 0.4) is 0 Å². The van der Waals surface area contributed by atoms with Crippen molar-refractivity contribution >= 4 is 5.97 Å². The Hall–Kier alpha value is -2.20. The van der Waals surface area contributed by atoms with E-state index in [-0.39, 0.29) is 6.54 Å². The molecule has 110 valence electrons. The Labute approximate surface area is 124 Å². The number of hydrogen-bond acceptors (Lipinski definition) is 3. The summed E-state index contributed by atoms with van der Waals surface area (Å²) in [4.78, 5) is 16.1. The largest absolute Gasteiger partial charge is 0.481 e. The summed E-state index contributed by atoms with van der Waals surface area (Å²) >= 11 is 0. The monoisotopic (exact) mass is 284 g/mol. The van der Waals surface area contributed by atoms with E-state index in [1.165, 1.54) is 0 Å². The van der Waals surface area contributed by atoms with E-state index in [1.807, 2.05) is 49.4 Å². The maximum atomic E-state index is 11.9. The molecule has 1 aromatic carbocycles. The molecule has 0 aliphatic rings. The van der Waals surface area contributed by atoms with Gasteiger partial charge >= 0.3 is 5.97 Å². The number of hydrogen-bond donors (Lipinski definition) is 2. The molecule has 0 aliphatic carbocycles. The average Bonchev–Trinajstić information content (AvgIpc) is 2.49. The molecule has 1 unspecified atom stereocenters. The van der Waals surface area contributed by atoms with Gasteiger partial charge in [-0.15, -0.1) is 0 Å². The molecule has 21 heavy (non-hydrogen) atoms. The lowest BCUT2D eigenvalue weighted by molar-refractivity contribution is -0.143. The molecule has 2 aromatic rings. The number of pyridine rings is 1. The number of carbonyl (C=O) groups is 1. The van der Waals surface area contributed by atoms with Gasteiger partial charge in [0, 0.05) is 18.4 Å². The van der Waals surface area contributed by atoms with Gasteiger partial charge in [-0.05, 0) is 37.5 Å². The second-order valence-electron chi connectivity index (χ2n) is 5.28. The summed E-state index contributed by atoms with van der Waals surface area (Å²) in [5.74, 6) is -0.883. The number of aliphatic carboxylic acids is 1. The van der Waals surface area contributed by atoms with E-state index in [0.717, 1.165) is 16.8 Å². The fourth-order valence-corrected chi connectivity index (χ4v) is 2.51. The first-order valence-corrected chi connectivity index (χ1v) is 6.99. The maximum absolute atomic E-state index is 11.9. The summed E-state index contributed by atoms with van der Waals surface area (Å²) in [6.45, 7) is 2.02. The third-order valence-corrected chi connectivity index (χ3v) is 3.86. The van der Waals surface area contributed by atoms with Gasteiger partial charge in [-0.2, -0.15) is 0 Å². The van der Waals surface area contributed by atoms with E-state index >= 15 is 0 Å². The van der Waals surface area contributed by atoms with Gasteiger partial charge in [0.05, 0.1) is 0 Å². The molecular weight excluding hydrogens is 264 g/mol. The van der Waals surface area contributed by atoms with Gasteiger partial charge in [0.2, 0.25) is 0 Å². The predicted molar refractivity (Wildman–Crippen MR) is 82.1 cm³/mol. The molecule has 3 N–H and O–H groups in total. The van der Waals surface area contributed by atoms with Crippen molar-refractivity contribution in [3.8, 4) is 0 Å². The first-order valence-electron chi connectivity index (χ1n) is 6.99. The summed E-state index contributed by atoms with van der Waals surface area (Å²) in [7, 11) is 0. The molecule has 0 bridgehead atoms. The second-order valence-corrected chi connectivity index (χ2v) is 5.28. The molecule has 4 heteroatoms. The third-order valence-electron chi connectivity index (χ3n) is 3.86. The van der Waals surface area contributed by atoms with Crippen LogP contribution in [0.5, 0.6) is 0 Å². The lowest BCUT2D eigenvalue weighted by Gasteiger charge is -2.28. The molecule has 0 saturated heterocycles. The highest BCUT2D eigenvalue weighted by Crippen LogP contribution is 2.29. The highest BCUT2D eigenvalue weighted by molar-refractivity contribution is 5.82. The van der Waals surface area contributed by atoms with Crippen molar-refractivity contribution in [3.63, 3.8) is 0 Å². The molecule has 0 spiro atoms. The summed E-state index contributed by atoms with van der Waals surface area (Å²) in [5, 5.41) is 9.75. The highest BCUT2D eigenvalue weighted by atomic mass is 16.4. The zero-order valence-electron chi connectivity index (χ0n) is 12.1. The van der Waals surface area contributed by atoms with Crippen LogP contribution in [0, 0.1) is 6.92 Å². The van der Waals surface area contributed by atoms with Gasteiger partial charge in [0.15, 0.2) is 0 Å². The molecule has 0 aliphatic heterocycles. The summed E-state index contributed by atoms with van der Waals surface area (Å²) in [6.07, 6.45) is 2.73. The van der Waals surface area contributed by atoms with Crippen LogP contribution in [0.15, 0.2) is 48.7 Å². The number of aryl methyl sites for hydroxylation is 2. The van der Waals surface area contributed by atoms with Crippen LogP contribution in [0.1, 0.15) is 23.2 Å². The highest BCUT2D eigenvalue weighted by Gasteiger charge is 2.38. The first-order chi connectivity index (χ1) is 10.1. The Bertz CT molecular complexity index is 613. The molecule has 1 aromatic heterocycles. The Morgan fingerprint density at radius 2 is 2.10 bits per heavy atom. The van der Waals surface area contributed by atoms with Crippen molar-refractivity contribution in [3.05, 3.63) is 65.5 Å². The van der Waals surface area contributed by atoms with Gasteiger partial charge in [-0.25, -0.2) is 0 Å². The van der Waals surface area contributed by atoms with Gasteiger partial charge in [-0.1, -0.05) is 35.9 Å². The fraction of sp³-hybridized carbons (Fsp3) is 0.294. The Kier molecular flexibility index (Phi) is 4.70. The molecule has 0 saturated carbocycles. The van der Waals surface area contributed by atoms with E-state index in [2.05, 4.69) is 4.98 Å². The van der Waals surface area contributed by atoms with Crippen molar-refractivity contribution < 1.29 is 9.90 Å². The van der Waals surface area contributed by atoms with Crippen LogP contribution >= 0.6 is 0 Å². The number of nitrogens with two attached hydrogens (primary N) is 1. The van der Waals surface area contributed by atoms with Gasteiger partial charge < -0.3 is 10.8 Å². The normalized spacial score (nSPS) is 13.6. The lowest BCUT2D eigenvalue weighted by Crippen LogP contribution is -2.43. The van der Waals surface area contributed by atoms with Crippen molar-refractivity contribution in [2.75, 3.05) is 6.54 Å². The smallest absolute Gasteiger partial charge is 0.315 e. The summed E-state index contributed by atoms with van der Waals surface area (Å²) in [5.41, 5.74) is 7.46. The van der Waals surface area contributed by atoms with Crippen LogP contribution in [-0.4, -0.2) is 22.6 Å². The van der Waals surface area contributed by atoms with E-state index in [4.69, 9.17) is 5.73 Å². The number of carboxylic acid groups (broad SMARTS) is 1. The topological polar surface area (TPSA) is 76.2 Å². The van der Waals surface area contributed by atoms with Crippen LogP contribution in [-0.2, 0) is 16.6 Å². The number of rotatable bonds is 6. The number of nitrogens with zero attached hydrogens (tertiary/aromatic N) is 1. The summed E-state index contributed by atoms with van der Waals surface area (Å²) in [6, 6.07) is 13.2. The number of carboxylic acids is 1. The molecule has 1 atom stereocenters. The van der Waals surface area contributed by atoms with Crippen LogP contribution in [0.25, 0.3) is 0 Å². The molecule has 0 radical (unpaired) electrons. The van der Waals surface area contributed by atoms with Crippen molar-refractivity contribution in [1.29, 1.82) is 0 Å². The Morgan fingerprint density at radius 1 is 1.29 bits per heavy atom. The fourth-order valence-electron chi connectivity index (χ4n) is 2.51. The molecule has 4 nitrogen and oxygen atoms in total. The van der Waals surface area contributed by atoms with Gasteiger partial charge in [-0.3, -0.25) is 9.78 Å². The van der Waals surface area contributed by atoms with Crippen molar-refractivity contribution in [2.24, 2.45) is 5.73 Å². The SMILES string of the molecule is Cc1cccc(C(CN)(CCc2ccccn2)C(=O)O)c1. The zero-order valence-corrected chi connectivity index (χ0v) is 12.1. The minimum atomic E-state index is -1.07. The average molecular weight is 284 g/mol.